The average Bonchev–Trinajstić information content (AvgIpc) is 2.42. The molecule has 0 saturated carbocycles. The Bertz CT molecular complexity index is 589. The molecule has 0 aliphatic rings. The van der Waals surface area contributed by atoms with Gasteiger partial charge >= 0.3 is 0 Å². The highest BCUT2D eigenvalue weighted by Crippen LogP contribution is 2.35. The maximum Gasteiger partial charge on any atom is 0.192 e. The summed E-state index contributed by atoms with van der Waals surface area (Å²) in [6.45, 7) is 4.04. The highest BCUT2D eigenvalue weighted by atomic mass is 35.5. The molecule has 1 aromatic heterocycles. The molecular formula is C15H18ClN3S. The lowest BCUT2D eigenvalue weighted by molar-refractivity contribution is 0.641. The summed E-state index contributed by atoms with van der Waals surface area (Å²) in [4.78, 5) is 9.69. The summed E-state index contributed by atoms with van der Waals surface area (Å²) in [5.41, 5.74) is 8.16. The van der Waals surface area contributed by atoms with Crippen molar-refractivity contribution in [2.24, 2.45) is 5.73 Å². The van der Waals surface area contributed by atoms with Crippen molar-refractivity contribution in [2.75, 3.05) is 0 Å². The van der Waals surface area contributed by atoms with Crippen molar-refractivity contribution in [1.82, 2.24) is 9.97 Å². The number of aromatic nitrogens is 2. The summed E-state index contributed by atoms with van der Waals surface area (Å²) >= 11 is 7.83. The minimum absolute atomic E-state index is 0.145. The van der Waals surface area contributed by atoms with Gasteiger partial charge in [-0.25, -0.2) is 9.97 Å². The molecule has 5 heteroatoms. The van der Waals surface area contributed by atoms with Crippen LogP contribution in [-0.4, -0.2) is 16.0 Å². The molecular weight excluding hydrogens is 290 g/mol. The highest BCUT2D eigenvalue weighted by molar-refractivity contribution is 7.99. The van der Waals surface area contributed by atoms with Gasteiger partial charge in [0.15, 0.2) is 5.16 Å². The van der Waals surface area contributed by atoms with E-state index in [0.29, 0.717) is 5.16 Å². The van der Waals surface area contributed by atoms with Crippen LogP contribution in [0.4, 0.5) is 0 Å². The maximum atomic E-state index is 6.33. The molecule has 0 radical (unpaired) electrons. The third-order valence-corrected chi connectivity index (χ3v) is 4.51. The van der Waals surface area contributed by atoms with Gasteiger partial charge in [-0.1, -0.05) is 30.7 Å². The second-order valence-corrected chi connectivity index (χ2v) is 6.07. The van der Waals surface area contributed by atoms with E-state index in [-0.39, 0.29) is 6.04 Å². The number of hydrogen-bond donors (Lipinski definition) is 1. The fourth-order valence-corrected chi connectivity index (χ4v) is 3.07. The summed E-state index contributed by atoms with van der Waals surface area (Å²) < 4.78 is 0. The van der Waals surface area contributed by atoms with Crippen LogP contribution in [0.25, 0.3) is 0 Å². The number of rotatable bonds is 5. The lowest BCUT2D eigenvalue weighted by Gasteiger charge is -2.14. The Labute approximate surface area is 129 Å². The molecule has 1 aromatic carbocycles. The minimum Gasteiger partial charge on any atom is -0.327 e. The summed E-state index contributed by atoms with van der Waals surface area (Å²) in [7, 11) is 0. The van der Waals surface area contributed by atoms with Crippen molar-refractivity contribution in [3.8, 4) is 0 Å². The molecule has 2 aromatic rings. The van der Waals surface area contributed by atoms with Crippen molar-refractivity contribution in [3.63, 3.8) is 0 Å². The van der Waals surface area contributed by atoms with Crippen molar-refractivity contribution >= 4 is 23.4 Å². The standard InChI is InChI=1S/C15H18ClN3S/c1-3-12(17)9-11-5-4-6-13(16)14(11)20-15-18-8-7-10(2)19-15/h4-8,12H,3,9,17H2,1-2H3. The molecule has 0 saturated heterocycles. The summed E-state index contributed by atoms with van der Waals surface area (Å²) in [5.74, 6) is 0. The van der Waals surface area contributed by atoms with E-state index in [1.807, 2.05) is 25.1 Å². The van der Waals surface area contributed by atoms with Gasteiger partial charge in [0.2, 0.25) is 0 Å². The van der Waals surface area contributed by atoms with Gasteiger partial charge in [-0.3, -0.25) is 0 Å². The number of aryl methyl sites for hydroxylation is 1. The first-order valence-corrected chi connectivity index (χ1v) is 7.80. The molecule has 1 unspecified atom stereocenters. The molecule has 0 bridgehead atoms. The van der Waals surface area contributed by atoms with Gasteiger partial charge in [-0.15, -0.1) is 0 Å². The van der Waals surface area contributed by atoms with Crippen LogP contribution in [0.5, 0.6) is 0 Å². The molecule has 0 fully saturated rings. The second-order valence-electron chi connectivity index (χ2n) is 4.68. The van der Waals surface area contributed by atoms with Crippen LogP contribution in [0, 0.1) is 6.92 Å². The van der Waals surface area contributed by atoms with Gasteiger partial charge in [0.25, 0.3) is 0 Å². The van der Waals surface area contributed by atoms with E-state index in [0.717, 1.165) is 34.0 Å². The molecule has 1 atom stereocenters. The van der Waals surface area contributed by atoms with E-state index in [1.165, 1.54) is 11.8 Å². The van der Waals surface area contributed by atoms with Gasteiger partial charge in [-0.2, -0.15) is 0 Å². The number of halogens is 1. The van der Waals surface area contributed by atoms with Gasteiger partial charge in [0.1, 0.15) is 0 Å². The van der Waals surface area contributed by atoms with Gasteiger partial charge in [0.05, 0.1) is 5.02 Å². The number of benzene rings is 1. The number of hydrogen-bond acceptors (Lipinski definition) is 4. The Kier molecular flexibility index (Phi) is 5.40. The molecule has 20 heavy (non-hydrogen) atoms. The monoisotopic (exact) mass is 307 g/mol. The predicted molar refractivity (Wildman–Crippen MR) is 84.3 cm³/mol. The first kappa shape index (κ1) is 15.3. The van der Waals surface area contributed by atoms with Crippen molar-refractivity contribution < 1.29 is 0 Å². The zero-order valence-corrected chi connectivity index (χ0v) is 13.2. The van der Waals surface area contributed by atoms with Crippen molar-refractivity contribution in [3.05, 3.63) is 46.7 Å². The van der Waals surface area contributed by atoms with E-state index in [9.17, 15) is 0 Å². The number of nitrogens with two attached hydrogens (primary N) is 1. The Hall–Kier alpha value is -1.10. The average molecular weight is 308 g/mol. The summed E-state index contributed by atoms with van der Waals surface area (Å²) in [5, 5.41) is 1.44. The van der Waals surface area contributed by atoms with Crippen LogP contribution in [0.2, 0.25) is 5.02 Å². The Balaban J connectivity index is 2.30. The Morgan fingerprint density at radius 2 is 2.15 bits per heavy atom. The topological polar surface area (TPSA) is 51.8 Å². The molecule has 2 N–H and O–H groups in total. The highest BCUT2D eigenvalue weighted by Gasteiger charge is 2.12. The van der Waals surface area contributed by atoms with Gasteiger partial charge in [0, 0.05) is 22.8 Å². The summed E-state index contributed by atoms with van der Waals surface area (Å²) in [6, 6.07) is 7.94. The van der Waals surface area contributed by atoms with E-state index in [4.69, 9.17) is 17.3 Å². The zero-order valence-electron chi connectivity index (χ0n) is 11.6. The fraction of sp³-hybridized carbons (Fsp3) is 0.333. The molecule has 0 aliphatic heterocycles. The molecule has 106 valence electrons. The molecule has 1 heterocycles. The van der Waals surface area contributed by atoms with Crippen molar-refractivity contribution in [1.29, 1.82) is 0 Å². The normalized spacial score (nSPS) is 12.4. The Morgan fingerprint density at radius 3 is 2.85 bits per heavy atom. The van der Waals surface area contributed by atoms with E-state index < -0.39 is 0 Å². The van der Waals surface area contributed by atoms with Crippen LogP contribution in [-0.2, 0) is 6.42 Å². The predicted octanol–water partition coefficient (Wildman–Crippen LogP) is 3.87. The second kappa shape index (κ2) is 7.07. The van der Waals surface area contributed by atoms with Crippen LogP contribution in [0.1, 0.15) is 24.6 Å². The molecule has 0 aliphatic carbocycles. The van der Waals surface area contributed by atoms with E-state index in [2.05, 4.69) is 23.0 Å². The van der Waals surface area contributed by atoms with Crippen molar-refractivity contribution in [2.45, 2.75) is 42.8 Å². The van der Waals surface area contributed by atoms with Crippen LogP contribution >= 0.6 is 23.4 Å². The zero-order chi connectivity index (χ0) is 14.5. The van der Waals surface area contributed by atoms with Gasteiger partial charge in [-0.05, 0) is 49.2 Å². The number of nitrogens with zero attached hydrogens (tertiary/aromatic N) is 2. The molecule has 0 amide bonds. The first-order chi connectivity index (χ1) is 9.60. The largest absolute Gasteiger partial charge is 0.327 e. The van der Waals surface area contributed by atoms with Gasteiger partial charge < -0.3 is 5.73 Å². The van der Waals surface area contributed by atoms with Crippen LogP contribution in [0.15, 0.2) is 40.5 Å². The first-order valence-electron chi connectivity index (χ1n) is 6.60. The summed E-state index contributed by atoms with van der Waals surface area (Å²) in [6.07, 6.45) is 3.52. The van der Waals surface area contributed by atoms with E-state index in [1.54, 1.807) is 6.20 Å². The third kappa shape index (κ3) is 3.95. The molecule has 0 spiro atoms. The van der Waals surface area contributed by atoms with Crippen LogP contribution in [0.3, 0.4) is 0 Å². The quantitative estimate of drug-likeness (QED) is 0.852. The lowest BCUT2D eigenvalue weighted by atomic mass is 10.0. The maximum absolute atomic E-state index is 6.33. The van der Waals surface area contributed by atoms with E-state index >= 15 is 0 Å². The third-order valence-electron chi connectivity index (χ3n) is 3.02. The minimum atomic E-state index is 0.145. The molecule has 2 rings (SSSR count). The smallest absolute Gasteiger partial charge is 0.192 e. The molecule has 3 nitrogen and oxygen atoms in total. The Morgan fingerprint density at radius 1 is 1.35 bits per heavy atom. The lowest BCUT2D eigenvalue weighted by Crippen LogP contribution is -2.21. The van der Waals surface area contributed by atoms with Crippen LogP contribution < -0.4 is 5.73 Å². The fourth-order valence-electron chi connectivity index (χ4n) is 1.82. The SMILES string of the molecule is CCC(N)Cc1cccc(Cl)c1Sc1nccc(C)n1.